The van der Waals surface area contributed by atoms with Crippen molar-refractivity contribution in [1.82, 2.24) is 4.98 Å². The monoisotopic (exact) mass is 576 g/mol. The van der Waals surface area contributed by atoms with Crippen molar-refractivity contribution in [3.8, 4) is 28.4 Å². The lowest BCUT2D eigenvalue weighted by molar-refractivity contribution is -0.149. The fourth-order valence-corrected chi connectivity index (χ4v) is 6.08. The van der Waals surface area contributed by atoms with E-state index in [1.165, 1.54) is 0 Å². The van der Waals surface area contributed by atoms with E-state index in [4.69, 9.17) is 18.9 Å². The van der Waals surface area contributed by atoms with E-state index in [1.807, 2.05) is 68.4 Å². The topological polar surface area (TPSA) is 73.0 Å². The summed E-state index contributed by atoms with van der Waals surface area (Å²) in [6, 6.07) is 29.6. The third kappa shape index (κ3) is 5.27. The maximum absolute atomic E-state index is 13.9. The molecule has 43 heavy (non-hydrogen) atoms. The SMILES string of the molecule is COc1ccc(-c2ccc(N3[C@H](c4ccc(OC)c(OC)c4)c4[nH]c5ccccc5c4C[C@H]3C(=O)OC(C)C)cc2)cc1. The van der Waals surface area contributed by atoms with E-state index in [2.05, 4.69) is 46.3 Å². The third-order valence-corrected chi connectivity index (χ3v) is 8.07. The molecule has 1 N–H and O–H groups in total. The summed E-state index contributed by atoms with van der Waals surface area (Å²) >= 11 is 0. The number of para-hydroxylation sites is 1. The molecule has 5 aromatic rings. The fourth-order valence-electron chi connectivity index (χ4n) is 6.08. The van der Waals surface area contributed by atoms with Gasteiger partial charge in [0.1, 0.15) is 11.8 Å². The van der Waals surface area contributed by atoms with E-state index in [-0.39, 0.29) is 18.1 Å². The minimum atomic E-state index is -0.556. The first kappa shape index (κ1) is 28.2. The number of carbonyl (C=O) groups excluding carboxylic acids is 1. The van der Waals surface area contributed by atoms with Gasteiger partial charge in [0.2, 0.25) is 0 Å². The molecule has 0 radical (unpaired) electrons. The van der Waals surface area contributed by atoms with Gasteiger partial charge in [-0.1, -0.05) is 48.5 Å². The molecule has 0 spiro atoms. The van der Waals surface area contributed by atoms with Crippen LogP contribution < -0.4 is 19.1 Å². The Morgan fingerprint density at radius 1 is 0.814 bits per heavy atom. The number of nitrogens with one attached hydrogen (secondary N) is 1. The number of ether oxygens (including phenoxy) is 4. The van der Waals surface area contributed by atoms with Crippen LogP contribution in [0.15, 0.2) is 91.0 Å². The number of H-pyrrole nitrogens is 1. The summed E-state index contributed by atoms with van der Waals surface area (Å²) < 4.78 is 22.5. The lowest BCUT2D eigenvalue weighted by Gasteiger charge is -2.43. The van der Waals surface area contributed by atoms with Crippen molar-refractivity contribution in [3.63, 3.8) is 0 Å². The number of hydrogen-bond acceptors (Lipinski definition) is 6. The van der Waals surface area contributed by atoms with E-state index in [1.54, 1.807) is 21.3 Å². The average molecular weight is 577 g/mol. The number of benzene rings is 4. The van der Waals surface area contributed by atoms with Gasteiger partial charge in [-0.25, -0.2) is 4.79 Å². The molecule has 6 rings (SSSR count). The van der Waals surface area contributed by atoms with Gasteiger partial charge in [0.15, 0.2) is 11.5 Å². The number of hydrogen-bond donors (Lipinski definition) is 1. The van der Waals surface area contributed by atoms with Crippen LogP contribution in [-0.4, -0.2) is 44.4 Å². The van der Waals surface area contributed by atoms with Gasteiger partial charge < -0.3 is 28.8 Å². The van der Waals surface area contributed by atoms with Gasteiger partial charge in [-0.2, -0.15) is 0 Å². The maximum atomic E-state index is 13.9. The third-order valence-electron chi connectivity index (χ3n) is 8.07. The molecule has 0 saturated carbocycles. The van der Waals surface area contributed by atoms with E-state index < -0.39 is 6.04 Å². The molecular weight excluding hydrogens is 540 g/mol. The summed E-state index contributed by atoms with van der Waals surface area (Å²) in [7, 11) is 4.93. The van der Waals surface area contributed by atoms with Crippen LogP contribution in [-0.2, 0) is 16.0 Å². The van der Waals surface area contributed by atoms with Crippen LogP contribution in [0.3, 0.4) is 0 Å². The van der Waals surface area contributed by atoms with E-state index in [9.17, 15) is 4.79 Å². The van der Waals surface area contributed by atoms with Gasteiger partial charge in [-0.15, -0.1) is 0 Å². The fraction of sp³-hybridized carbons (Fsp3) is 0.250. The molecule has 1 aliphatic heterocycles. The summed E-state index contributed by atoms with van der Waals surface area (Å²) in [5.74, 6) is 1.83. The maximum Gasteiger partial charge on any atom is 0.329 e. The summed E-state index contributed by atoms with van der Waals surface area (Å²) in [4.78, 5) is 19.8. The van der Waals surface area contributed by atoms with Crippen LogP contribution in [0.2, 0.25) is 0 Å². The number of methoxy groups -OCH3 is 3. The number of nitrogens with zero attached hydrogens (tertiary/aromatic N) is 1. The van der Waals surface area contributed by atoms with Crippen LogP contribution in [0.5, 0.6) is 17.2 Å². The lowest BCUT2D eigenvalue weighted by atomic mass is 9.87. The van der Waals surface area contributed by atoms with Crippen LogP contribution in [0.4, 0.5) is 5.69 Å². The van der Waals surface area contributed by atoms with Gasteiger partial charge in [-0.05, 0) is 78.6 Å². The smallest absolute Gasteiger partial charge is 0.329 e. The zero-order valence-electron chi connectivity index (χ0n) is 25.1. The molecule has 7 heteroatoms. The molecule has 0 unspecified atom stereocenters. The molecule has 2 atom stereocenters. The molecule has 0 aliphatic carbocycles. The predicted octanol–water partition coefficient (Wildman–Crippen LogP) is 7.33. The number of fused-ring (bicyclic) bond motifs is 3. The Hall–Kier alpha value is -4.91. The van der Waals surface area contributed by atoms with Crippen LogP contribution in [0.1, 0.15) is 36.7 Å². The first-order chi connectivity index (χ1) is 20.9. The molecule has 0 amide bonds. The number of rotatable bonds is 8. The molecule has 0 fully saturated rings. The van der Waals surface area contributed by atoms with Crippen molar-refractivity contribution in [2.45, 2.75) is 38.5 Å². The Bertz CT molecular complexity index is 1740. The first-order valence-electron chi connectivity index (χ1n) is 14.5. The number of carbonyl (C=O) groups is 1. The molecule has 4 aromatic carbocycles. The standard InChI is InChI=1S/C36H36N2O5/c1-22(2)43-36(39)31-21-29-28-8-6-7-9-30(28)37-34(29)35(25-14-19-32(41-4)33(20-25)42-5)38(31)26-15-10-23(11-16-26)24-12-17-27(40-3)18-13-24/h6-20,22,31,35,37H,21H2,1-5H3/t31-,35+/m0/s1. The molecule has 2 heterocycles. The quantitative estimate of drug-likeness (QED) is 0.195. The second-order valence-corrected chi connectivity index (χ2v) is 11.0. The van der Waals surface area contributed by atoms with Crippen molar-refractivity contribution in [1.29, 1.82) is 0 Å². The Morgan fingerprint density at radius 2 is 1.49 bits per heavy atom. The summed E-state index contributed by atoms with van der Waals surface area (Å²) in [5, 5.41) is 1.11. The van der Waals surface area contributed by atoms with Crippen LogP contribution >= 0.6 is 0 Å². The molecule has 220 valence electrons. The van der Waals surface area contributed by atoms with Gasteiger partial charge in [0, 0.05) is 28.7 Å². The summed E-state index contributed by atoms with van der Waals surface area (Å²) in [6.45, 7) is 3.77. The molecule has 1 aliphatic rings. The Labute approximate surface area is 252 Å². The van der Waals surface area contributed by atoms with Crippen molar-refractivity contribution in [3.05, 3.63) is 108 Å². The number of aromatic nitrogens is 1. The van der Waals surface area contributed by atoms with Gasteiger partial charge in [0.05, 0.1) is 33.5 Å². The summed E-state index contributed by atoms with van der Waals surface area (Å²) in [5.41, 5.74) is 7.22. The minimum absolute atomic E-state index is 0.240. The summed E-state index contributed by atoms with van der Waals surface area (Å²) in [6.07, 6.45) is 0.269. The Morgan fingerprint density at radius 3 is 2.14 bits per heavy atom. The van der Waals surface area contributed by atoms with E-state index >= 15 is 0 Å². The van der Waals surface area contributed by atoms with E-state index in [0.29, 0.717) is 17.9 Å². The molecule has 1 aromatic heterocycles. The van der Waals surface area contributed by atoms with Gasteiger partial charge >= 0.3 is 5.97 Å². The van der Waals surface area contributed by atoms with Crippen LogP contribution in [0.25, 0.3) is 22.0 Å². The van der Waals surface area contributed by atoms with Gasteiger partial charge in [-0.3, -0.25) is 0 Å². The highest BCUT2D eigenvalue weighted by Gasteiger charge is 2.42. The largest absolute Gasteiger partial charge is 0.497 e. The molecule has 7 nitrogen and oxygen atoms in total. The van der Waals surface area contributed by atoms with Crippen molar-refractivity contribution >= 4 is 22.6 Å². The first-order valence-corrected chi connectivity index (χ1v) is 14.5. The van der Waals surface area contributed by atoms with Crippen LogP contribution in [0, 0.1) is 0 Å². The highest BCUT2D eigenvalue weighted by Crippen LogP contribution is 2.45. The van der Waals surface area contributed by atoms with Crippen molar-refractivity contribution in [2.75, 3.05) is 26.2 Å². The number of aromatic amines is 1. The zero-order valence-corrected chi connectivity index (χ0v) is 25.1. The molecular formula is C36H36N2O5. The number of anilines is 1. The van der Waals surface area contributed by atoms with E-state index in [0.717, 1.165) is 50.3 Å². The lowest BCUT2D eigenvalue weighted by Crippen LogP contribution is -2.50. The minimum Gasteiger partial charge on any atom is -0.497 e. The normalized spacial score (nSPS) is 16.2. The Kier molecular flexibility index (Phi) is 7.72. The van der Waals surface area contributed by atoms with Gasteiger partial charge in [0.25, 0.3) is 0 Å². The Balaban J connectivity index is 1.53. The highest BCUT2D eigenvalue weighted by molar-refractivity contribution is 5.90. The van der Waals surface area contributed by atoms with Crippen molar-refractivity contribution in [2.24, 2.45) is 0 Å². The second kappa shape index (κ2) is 11.8. The molecule has 0 saturated heterocycles. The zero-order chi connectivity index (χ0) is 30.1. The average Bonchev–Trinajstić information content (AvgIpc) is 3.41. The van der Waals surface area contributed by atoms with Crippen molar-refractivity contribution < 1.29 is 23.7 Å². The highest BCUT2D eigenvalue weighted by atomic mass is 16.5. The molecule has 0 bridgehead atoms. The number of esters is 1. The predicted molar refractivity (Wildman–Crippen MR) is 169 cm³/mol. The second-order valence-electron chi connectivity index (χ2n) is 11.0.